The average Bonchev–Trinajstić information content (AvgIpc) is 3.14. The third kappa shape index (κ3) is 6.77. The van der Waals surface area contributed by atoms with Crippen molar-refractivity contribution in [3.8, 4) is 0 Å². The van der Waals surface area contributed by atoms with E-state index in [1.54, 1.807) is 13.0 Å². The maximum absolute atomic E-state index is 13.3. The molecule has 10 heteroatoms. The number of piperidine rings is 1. The lowest BCUT2D eigenvalue weighted by atomic mass is 9.89. The first-order valence-electron chi connectivity index (χ1n) is 13.0. The number of pyridine rings is 2. The summed E-state index contributed by atoms with van der Waals surface area (Å²) in [5.74, 6) is 0.900. The van der Waals surface area contributed by atoms with E-state index in [4.69, 9.17) is 14.7 Å². The van der Waals surface area contributed by atoms with Crippen molar-refractivity contribution in [2.24, 2.45) is 0 Å². The van der Waals surface area contributed by atoms with Gasteiger partial charge in [-0.15, -0.1) is 0 Å². The number of halogens is 3. The van der Waals surface area contributed by atoms with Crippen LogP contribution in [0.2, 0.25) is 25.7 Å². The van der Waals surface area contributed by atoms with Crippen LogP contribution in [0.1, 0.15) is 60.1 Å². The molecule has 6 nitrogen and oxygen atoms in total. The van der Waals surface area contributed by atoms with Crippen LogP contribution in [-0.4, -0.2) is 52.2 Å². The fourth-order valence-electron chi connectivity index (χ4n) is 4.97. The first kappa shape index (κ1) is 27.7. The molecule has 0 bridgehead atoms. The van der Waals surface area contributed by atoms with Crippen LogP contribution in [0, 0.1) is 13.8 Å². The number of alkyl halides is 3. The molecule has 1 fully saturated rings. The maximum atomic E-state index is 13.3. The van der Waals surface area contributed by atoms with Crippen molar-refractivity contribution in [2.75, 3.05) is 19.7 Å². The van der Waals surface area contributed by atoms with Gasteiger partial charge in [0.2, 0.25) is 0 Å². The smallest absolute Gasteiger partial charge is 0.361 e. The lowest BCUT2D eigenvalue weighted by Crippen LogP contribution is -2.36. The zero-order valence-electron chi connectivity index (χ0n) is 22.7. The maximum Gasteiger partial charge on any atom is 0.433 e. The third-order valence-electron chi connectivity index (χ3n) is 7.23. The molecule has 2 unspecified atom stereocenters. The van der Waals surface area contributed by atoms with E-state index >= 15 is 0 Å². The molecule has 0 aliphatic carbocycles. The Morgan fingerprint density at radius 2 is 1.89 bits per heavy atom. The molecule has 0 aromatic carbocycles. The second kappa shape index (κ2) is 10.8. The number of nitrogens with zero attached hydrogens (tertiary/aromatic N) is 5. The third-order valence-corrected chi connectivity index (χ3v) is 8.94. The first-order chi connectivity index (χ1) is 17.3. The van der Waals surface area contributed by atoms with Crippen molar-refractivity contribution in [1.29, 1.82) is 0 Å². The lowest BCUT2D eigenvalue weighted by Gasteiger charge is -2.37. The van der Waals surface area contributed by atoms with Crippen molar-refractivity contribution < 1.29 is 17.9 Å². The Kier molecular flexibility index (Phi) is 8.11. The molecule has 4 rings (SSSR count). The Hall–Kier alpha value is -2.30. The number of rotatable bonds is 8. The Bertz CT molecular complexity index is 1240. The monoisotopic (exact) mass is 533 g/mol. The van der Waals surface area contributed by atoms with Crippen LogP contribution in [0.15, 0.2) is 24.4 Å². The SMILES string of the molecule is Cc1cc(C2CCCN(C(C)c3cnc4c(c3)nc(C)n4COCC[Si](C)(C)C)C2)cc(C(F)(F)F)n1. The Balaban J connectivity index is 1.48. The molecule has 0 N–H and O–H groups in total. The van der Waals surface area contributed by atoms with E-state index in [2.05, 4.69) is 42.5 Å². The van der Waals surface area contributed by atoms with Crippen molar-refractivity contribution in [3.05, 3.63) is 52.7 Å². The lowest BCUT2D eigenvalue weighted by molar-refractivity contribution is -0.141. The van der Waals surface area contributed by atoms with E-state index < -0.39 is 19.9 Å². The second-order valence-corrected chi connectivity index (χ2v) is 17.1. The predicted molar refractivity (Wildman–Crippen MR) is 142 cm³/mol. The van der Waals surface area contributed by atoms with E-state index in [0.717, 1.165) is 54.6 Å². The quantitative estimate of drug-likeness (QED) is 0.238. The van der Waals surface area contributed by atoms with Gasteiger partial charge < -0.3 is 4.74 Å². The largest absolute Gasteiger partial charge is 0.433 e. The molecule has 202 valence electrons. The van der Waals surface area contributed by atoms with Gasteiger partial charge in [-0.1, -0.05) is 19.6 Å². The molecule has 3 aromatic rings. The highest BCUT2D eigenvalue weighted by molar-refractivity contribution is 6.76. The summed E-state index contributed by atoms with van der Waals surface area (Å²) >= 11 is 0. The van der Waals surface area contributed by atoms with Gasteiger partial charge in [0.05, 0.1) is 0 Å². The summed E-state index contributed by atoms with van der Waals surface area (Å²) in [7, 11) is -1.15. The van der Waals surface area contributed by atoms with Gasteiger partial charge in [0.25, 0.3) is 0 Å². The minimum absolute atomic E-state index is 0.0328. The first-order valence-corrected chi connectivity index (χ1v) is 16.7. The van der Waals surface area contributed by atoms with Gasteiger partial charge in [0, 0.05) is 39.2 Å². The highest BCUT2D eigenvalue weighted by Crippen LogP contribution is 2.35. The van der Waals surface area contributed by atoms with Gasteiger partial charge in [0.15, 0.2) is 5.65 Å². The Labute approximate surface area is 218 Å². The van der Waals surface area contributed by atoms with Gasteiger partial charge in [-0.3, -0.25) is 9.47 Å². The van der Waals surface area contributed by atoms with Crippen molar-refractivity contribution in [1.82, 2.24) is 24.4 Å². The van der Waals surface area contributed by atoms with Crippen LogP contribution in [0.4, 0.5) is 13.2 Å². The summed E-state index contributed by atoms with van der Waals surface area (Å²) in [6.45, 7) is 15.5. The standard InChI is InChI=1S/C27H38F3N5OSi/c1-18-12-22(14-25(32-18)27(28,29)30)21-8-7-9-34(16-21)19(2)23-13-24-26(31-15-23)35(20(3)33-24)17-36-10-11-37(4,5)6/h12-15,19,21H,7-11,16-17H2,1-6H3. The van der Waals surface area contributed by atoms with Crippen LogP contribution in [-0.2, 0) is 17.6 Å². The Morgan fingerprint density at radius 1 is 1.14 bits per heavy atom. The number of ether oxygens (including phenoxy) is 1. The van der Waals surface area contributed by atoms with Crippen LogP contribution < -0.4 is 0 Å². The van der Waals surface area contributed by atoms with E-state index in [0.29, 0.717) is 24.5 Å². The fourth-order valence-corrected chi connectivity index (χ4v) is 5.73. The topological polar surface area (TPSA) is 56.1 Å². The zero-order chi connectivity index (χ0) is 27.0. The zero-order valence-corrected chi connectivity index (χ0v) is 23.7. The molecule has 3 aromatic heterocycles. The molecule has 0 saturated carbocycles. The Morgan fingerprint density at radius 3 is 2.59 bits per heavy atom. The second-order valence-electron chi connectivity index (χ2n) is 11.5. The highest BCUT2D eigenvalue weighted by atomic mass is 28.3. The summed E-state index contributed by atoms with van der Waals surface area (Å²) in [6.07, 6.45) is -0.752. The summed E-state index contributed by atoms with van der Waals surface area (Å²) < 4.78 is 48.0. The number of aryl methyl sites for hydroxylation is 2. The van der Waals surface area contributed by atoms with Gasteiger partial charge >= 0.3 is 6.18 Å². The average molecular weight is 534 g/mol. The molecule has 0 radical (unpaired) electrons. The van der Waals surface area contributed by atoms with Crippen molar-refractivity contribution in [3.63, 3.8) is 0 Å². The van der Waals surface area contributed by atoms with Crippen molar-refractivity contribution >= 4 is 19.2 Å². The number of likely N-dealkylation sites (tertiary alicyclic amines) is 1. The molecule has 1 aliphatic rings. The van der Waals surface area contributed by atoms with Crippen molar-refractivity contribution in [2.45, 2.75) is 84.2 Å². The minimum atomic E-state index is -4.44. The van der Waals surface area contributed by atoms with Crippen LogP contribution in [0.3, 0.4) is 0 Å². The van der Waals surface area contributed by atoms with Gasteiger partial charge in [0.1, 0.15) is 23.8 Å². The summed E-state index contributed by atoms with van der Waals surface area (Å²) in [5, 5.41) is 0. The molecule has 0 spiro atoms. The summed E-state index contributed by atoms with van der Waals surface area (Å²) in [5.41, 5.74) is 3.01. The number of aromatic nitrogens is 4. The number of imidazole rings is 1. The van der Waals surface area contributed by atoms with E-state index in [-0.39, 0.29) is 12.0 Å². The van der Waals surface area contributed by atoms with E-state index in [9.17, 15) is 13.2 Å². The molecule has 37 heavy (non-hydrogen) atoms. The molecule has 1 saturated heterocycles. The van der Waals surface area contributed by atoms with Gasteiger partial charge in [-0.2, -0.15) is 13.2 Å². The predicted octanol–water partition coefficient (Wildman–Crippen LogP) is 6.71. The van der Waals surface area contributed by atoms with Gasteiger partial charge in [-0.25, -0.2) is 15.0 Å². The van der Waals surface area contributed by atoms with Gasteiger partial charge in [-0.05, 0) is 81.4 Å². The number of fused-ring (bicyclic) bond motifs is 1. The van der Waals surface area contributed by atoms with Crippen LogP contribution >= 0.6 is 0 Å². The molecular weight excluding hydrogens is 495 g/mol. The molecule has 0 amide bonds. The highest BCUT2D eigenvalue weighted by Gasteiger charge is 2.34. The summed E-state index contributed by atoms with van der Waals surface area (Å²) in [4.78, 5) is 15.5. The molecular formula is C27H38F3N5OSi. The normalized spacial score (nSPS) is 18.5. The summed E-state index contributed by atoms with van der Waals surface area (Å²) in [6, 6.07) is 6.29. The van der Waals surface area contributed by atoms with Crippen LogP contribution in [0.5, 0.6) is 0 Å². The fraction of sp³-hybridized carbons (Fsp3) is 0.593. The molecule has 1 aliphatic heterocycles. The van der Waals surface area contributed by atoms with Crippen LogP contribution in [0.25, 0.3) is 11.2 Å². The van der Waals surface area contributed by atoms with E-state index in [1.807, 2.05) is 17.7 Å². The molecule has 2 atom stereocenters. The number of hydrogen-bond acceptors (Lipinski definition) is 5. The molecule has 4 heterocycles. The minimum Gasteiger partial charge on any atom is -0.361 e. The number of hydrogen-bond donors (Lipinski definition) is 0. The van der Waals surface area contributed by atoms with E-state index in [1.165, 1.54) is 6.07 Å².